The van der Waals surface area contributed by atoms with Gasteiger partial charge in [0.05, 0.1) is 5.56 Å². The van der Waals surface area contributed by atoms with Crippen molar-refractivity contribution in [2.24, 2.45) is 0 Å². The molecule has 1 atom stereocenters. The Morgan fingerprint density at radius 1 is 1.10 bits per heavy atom. The van der Waals surface area contributed by atoms with Crippen molar-refractivity contribution in [2.75, 3.05) is 5.32 Å². The Morgan fingerprint density at radius 3 is 2.43 bits per heavy atom. The minimum Gasteiger partial charge on any atom is -0.382 e. The molecule has 1 aromatic carbocycles. The van der Waals surface area contributed by atoms with E-state index >= 15 is 0 Å². The molecule has 0 spiro atoms. The van der Waals surface area contributed by atoms with E-state index in [1.807, 2.05) is 24.3 Å². The third-order valence-corrected chi connectivity index (χ3v) is 3.49. The number of carbonyl (C=O) groups is 1. The minimum atomic E-state index is 0.0355. The SMILES string of the molecule is CCCCC(CCC)NC(=O)c1ccccc1NC(C)C. The standard InChI is InChI=1S/C18H30N2O/c1-5-7-11-15(10-6-2)20-18(21)16-12-8-9-13-17(16)19-14(3)4/h8-9,12-15,19H,5-7,10-11H2,1-4H3,(H,20,21). The number of rotatable bonds is 9. The summed E-state index contributed by atoms with van der Waals surface area (Å²) < 4.78 is 0. The summed E-state index contributed by atoms with van der Waals surface area (Å²) >= 11 is 0. The van der Waals surface area contributed by atoms with Gasteiger partial charge in [-0.2, -0.15) is 0 Å². The Hall–Kier alpha value is -1.51. The predicted octanol–water partition coefficient (Wildman–Crippen LogP) is 4.60. The van der Waals surface area contributed by atoms with Crippen molar-refractivity contribution in [1.29, 1.82) is 0 Å². The molecule has 1 amide bonds. The smallest absolute Gasteiger partial charge is 0.253 e. The Balaban J connectivity index is 2.77. The van der Waals surface area contributed by atoms with E-state index in [1.165, 1.54) is 6.42 Å². The quantitative estimate of drug-likeness (QED) is 0.698. The van der Waals surface area contributed by atoms with Gasteiger partial charge in [-0.3, -0.25) is 4.79 Å². The van der Waals surface area contributed by atoms with Crippen LogP contribution in [-0.4, -0.2) is 18.0 Å². The number of unbranched alkanes of at least 4 members (excludes halogenated alkanes) is 1. The zero-order valence-corrected chi connectivity index (χ0v) is 13.9. The molecule has 118 valence electrons. The van der Waals surface area contributed by atoms with Gasteiger partial charge in [0, 0.05) is 17.8 Å². The molecule has 21 heavy (non-hydrogen) atoms. The van der Waals surface area contributed by atoms with Crippen molar-refractivity contribution in [1.82, 2.24) is 5.32 Å². The second kappa shape index (κ2) is 9.43. The molecule has 0 fully saturated rings. The van der Waals surface area contributed by atoms with E-state index in [0.29, 0.717) is 6.04 Å². The summed E-state index contributed by atoms with van der Waals surface area (Å²) in [6, 6.07) is 8.34. The van der Waals surface area contributed by atoms with Crippen LogP contribution in [0.15, 0.2) is 24.3 Å². The molecule has 0 aromatic heterocycles. The Labute approximate surface area is 129 Å². The molecule has 0 aliphatic carbocycles. The van der Waals surface area contributed by atoms with Gasteiger partial charge in [0.25, 0.3) is 5.91 Å². The van der Waals surface area contributed by atoms with E-state index in [4.69, 9.17) is 0 Å². The summed E-state index contributed by atoms with van der Waals surface area (Å²) in [4.78, 5) is 12.5. The van der Waals surface area contributed by atoms with Gasteiger partial charge in [-0.25, -0.2) is 0 Å². The van der Waals surface area contributed by atoms with Crippen LogP contribution >= 0.6 is 0 Å². The topological polar surface area (TPSA) is 41.1 Å². The fraction of sp³-hybridized carbons (Fsp3) is 0.611. The third-order valence-electron chi connectivity index (χ3n) is 3.49. The molecule has 0 radical (unpaired) electrons. The van der Waals surface area contributed by atoms with Gasteiger partial charge in [0.2, 0.25) is 0 Å². The zero-order valence-electron chi connectivity index (χ0n) is 13.9. The highest BCUT2D eigenvalue weighted by Crippen LogP contribution is 2.17. The number of para-hydroxylation sites is 1. The van der Waals surface area contributed by atoms with Crippen LogP contribution in [0.3, 0.4) is 0 Å². The highest BCUT2D eigenvalue weighted by molar-refractivity contribution is 5.99. The fourth-order valence-corrected chi connectivity index (χ4v) is 2.47. The lowest BCUT2D eigenvalue weighted by Crippen LogP contribution is -2.35. The highest BCUT2D eigenvalue weighted by Gasteiger charge is 2.15. The number of nitrogens with one attached hydrogen (secondary N) is 2. The number of amides is 1. The molecule has 0 aliphatic rings. The Bertz CT molecular complexity index is 429. The maximum atomic E-state index is 12.5. The number of benzene rings is 1. The first-order valence-electron chi connectivity index (χ1n) is 8.24. The van der Waals surface area contributed by atoms with Crippen LogP contribution in [0, 0.1) is 0 Å². The van der Waals surface area contributed by atoms with Gasteiger partial charge >= 0.3 is 0 Å². The Kier molecular flexibility index (Phi) is 7.88. The third kappa shape index (κ3) is 6.19. The van der Waals surface area contributed by atoms with Crippen LogP contribution in [0.5, 0.6) is 0 Å². The van der Waals surface area contributed by atoms with Crippen molar-refractivity contribution in [2.45, 2.75) is 71.9 Å². The van der Waals surface area contributed by atoms with Crippen molar-refractivity contribution in [3.8, 4) is 0 Å². The second-order valence-corrected chi connectivity index (χ2v) is 5.95. The average molecular weight is 290 g/mol. The van der Waals surface area contributed by atoms with Crippen LogP contribution < -0.4 is 10.6 Å². The van der Waals surface area contributed by atoms with Gasteiger partial charge in [-0.15, -0.1) is 0 Å². The van der Waals surface area contributed by atoms with Crippen LogP contribution in [0.25, 0.3) is 0 Å². The lowest BCUT2D eigenvalue weighted by atomic mass is 10.0. The van der Waals surface area contributed by atoms with Crippen LogP contribution in [0.2, 0.25) is 0 Å². The molecule has 0 aliphatic heterocycles. The molecular formula is C18H30N2O. The second-order valence-electron chi connectivity index (χ2n) is 5.95. The first kappa shape index (κ1) is 17.5. The van der Waals surface area contributed by atoms with Gasteiger partial charge < -0.3 is 10.6 Å². The summed E-state index contributed by atoms with van der Waals surface area (Å²) in [7, 11) is 0. The highest BCUT2D eigenvalue weighted by atomic mass is 16.1. The average Bonchev–Trinajstić information content (AvgIpc) is 2.44. The van der Waals surface area contributed by atoms with E-state index in [2.05, 4.69) is 38.3 Å². The summed E-state index contributed by atoms with van der Waals surface area (Å²) in [5.74, 6) is 0.0355. The van der Waals surface area contributed by atoms with Crippen LogP contribution in [0.1, 0.15) is 70.2 Å². The first-order chi connectivity index (χ1) is 10.1. The minimum absolute atomic E-state index is 0.0355. The van der Waals surface area contributed by atoms with E-state index in [0.717, 1.165) is 36.9 Å². The lowest BCUT2D eigenvalue weighted by molar-refractivity contribution is 0.0933. The van der Waals surface area contributed by atoms with E-state index in [9.17, 15) is 4.79 Å². The molecule has 3 nitrogen and oxygen atoms in total. The molecule has 1 aromatic rings. The maximum absolute atomic E-state index is 12.5. The monoisotopic (exact) mass is 290 g/mol. The predicted molar refractivity (Wildman–Crippen MR) is 90.9 cm³/mol. The van der Waals surface area contributed by atoms with Crippen molar-refractivity contribution < 1.29 is 4.79 Å². The molecule has 0 saturated heterocycles. The van der Waals surface area contributed by atoms with Crippen molar-refractivity contribution in [3.63, 3.8) is 0 Å². The normalized spacial score (nSPS) is 12.2. The molecule has 1 rings (SSSR count). The summed E-state index contributed by atoms with van der Waals surface area (Å²) in [5, 5.41) is 6.55. The van der Waals surface area contributed by atoms with Crippen LogP contribution in [0.4, 0.5) is 5.69 Å². The zero-order chi connectivity index (χ0) is 15.7. The van der Waals surface area contributed by atoms with E-state index in [-0.39, 0.29) is 11.9 Å². The Morgan fingerprint density at radius 2 is 1.81 bits per heavy atom. The van der Waals surface area contributed by atoms with E-state index in [1.54, 1.807) is 0 Å². The lowest BCUT2D eigenvalue weighted by Gasteiger charge is -2.20. The number of hydrogen-bond acceptors (Lipinski definition) is 2. The molecular weight excluding hydrogens is 260 g/mol. The number of anilines is 1. The maximum Gasteiger partial charge on any atom is 0.253 e. The molecule has 1 unspecified atom stereocenters. The summed E-state index contributed by atoms with van der Waals surface area (Å²) in [6.07, 6.45) is 5.54. The summed E-state index contributed by atoms with van der Waals surface area (Å²) in [6.45, 7) is 8.51. The largest absolute Gasteiger partial charge is 0.382 e. The van der Waals surface area contributed by atoms with Gasteiger partial charge in [0.1, 0.15) is 0 Å². The van der Waals surface area contributed by atoms with Crippen LogP contribution in [-0.2, 0) is 0 Å². The van der Waals surface area contributed by atoms with Crippen molar-refractivity contribution >= 4 is 11.6 Å². The molecule has 2 N–H and O–H groups in total. The summed E-state index contributed by atoms with van der Waals surface area (Å²) in [5.41, 5.74) is 1.65. The number of hydrogen-bond donors (Lipinski definition) is 2. The van der Waals surface area contributed by atoms with Gasteiger partial charge in [0.15, 0.2) is 0 Å². The van der Waals surface area contributed by atoms with E-state index < -0.39 is 0 Å². The number of carbonyl (C=O) groups excluding carboxylic acids is 1. The molecule has 0 bridgehead atoms. The van der Waals surface area contributed by atoms with Gasteiger partial charge in [-0.05, 0) is 38.8 Å². The molecule has 0 heterocycles. The van der Waals surface area contributed by atoms with Gasteiger partial charge in [-0.1, -0.05) is 45.2 Å². The fourth-order valence-electron chi connectivity index (χ4n) is 2.47. The first-order valence-corrected chi connectivity index (χ1v) is 8.24. The molecule has 0 saturated carbocycles. The van der Waals surface area contributed by atoms with Crippen molar-refractivity contribution in [3.05, 3.63) is 29.8 Å². The molecule has 3 heteroatoms.